The Bertz CT molecular complexity index is 555. The Morgan fingerprint density at radius 2 is 2.29 bits per heavy atom. The van der Waals surface area contributed by atoms with Crippen LogP contribution in [0.4, 0.5) is 0 Å². The first kappa shape index (κ1) is 10.6. The third kappa shape index (κ3) is 1.89. The van der Waals surface area contributed by atoms with Crippen LogP contribution in [0.2, 0.25) is 0 Å². The summed E-state index contributed by atoms with van der Waals surface area (Å²) in [6, 6.07) is 5.68. The van der Waals surface area contributed by atoms with Crippen LogP contribution in [-0.2, 0) is 13.0 Å². The highest BCUT2D eigenvalue weighted by Crippen LogP contribution is 2.25. The molecule has 2 aromatic rings. The van der Waals surface area contributed by atoms with Gasteiger partial charge in [-0.15, -0.1) is 11.3 Å². The van der Waals surface area contributed by atoms with Crippen molar-refractivity contribution in [3.05, 3.63) is 45.5 Å². The van der Waals surface area contributed by atoms with Gasteiger partial charge < -0.3 is 9.32 Å². The maximum absolute atomic E-state index is 12.2. The van der Waals surface area contributed by atoms with Crippen molar-refractivity contribution in [3.63, 3.8) is 0 Å². The summed E-state index contributed by atoms with van der Waals surface area (Å²) in [5, 5.41) is 2.09. The minimum absolute atomic E-state index is 0.00468. The SMILES string of the molecule is Cc1ccc(C(=O)N2CCc3sccc3C2)o1. The summed E-state index contributed by atoms with van der Waals surface area (Å²) >= 11 is 1.78. The van der Waals surface area contributed by atoms with Crippen LogP contribution in [0, 0.1) is 6.92 Å². The molecule has 0 atom stereocenters. The Morgan fingerprint density at radius 1 is 1.41 bits per heavy atom. The van der Waals surface area contributed by atoms with E-state index in [1.165, 1.54) is 10.4 Å². The number of carbonyl (C=O) groups excluding carboxylic acids is 1. The molecular weight excluding hydrogens is 234 g/mol. The zero-order valence-electron chi connectivity index (χ0n) is 9.60. The van der Waals surface area contributed by atoms with Crippen molar-refractivity contribution >= 4 is 17.2 Å². The van der Waals surface area contributed by atoms with Crippen molar-refractivity contribution in [2.24, 2.45) is 0 Å². The molecule has 88 valence electrons. The summed E-state index contributed by atoms with van der Waals surface area (Å²) in [5.74, 6) is 1.22. The Morgan fingerprint density at radius 3 is 3.06 bits per heavy atom. The summed E-state index contributed by atoms with van der Waals surface area (Å²) in [4.78, 5) is 15.4. The van der Waals surface area contributed by atoms with Crippen LogP contribution in [0.1, 0.15) is 26.8 Å². The minimum atomic E-state index is -0.00468. The fourth-order valence-corrected chi connectivity index (χ4v) is 3.02. The monoisotopic (exact) mass is 247 g/mol. The number of hydrogen-bond acceptors (Lipinski definition) is 3. The van der Waals surface area contributed by atoms with Crippen LogP contribution >= 0.6 is 11.3 Å². The van der Waals surface area contributed by atoms with E-state index in [1.807, 2.05) is 17.9 Å². The van der Waals surface area contributed by atoms with Crippen LogP contribution in [-0.4, -0.2) is 17.4 Å². The first-order chi connectivity index (χ1) is 8.24. The normalized spacial score (nSPS) is 14.8. The molecule has 1 aliphatic rings. The molecule has 1 aliphatic heterocycles. The predicted molar refractivity (Wildman–Crippen MR) is 66.2 cm³/mol. The number of carbonyl (C=O) groups is 1. The molecule has 3 rings (SSSR count). The summed E-state index contributed by atoms with van der Waals surface area (Å²) in [6.07, 6.45) is 0.957. The first-order valence-electron chi connectivity index (χ1n) is 5.65. The lowest BCUT2D eigenvalue weighted by Crippen LogP contribution is -2.35. The third-order valence-electron chi connectivity index (χ3n) is 3.05. The smallest absolute Gasteiger partial charge is 0.289 e. The maximum atomic E-state index is 12.2. The highest BCUT2D eigenvalue weighted by atomic mass is 32.1. The predicted octanol–water partition coefficient (Wildman–Crippen LogP) is 2.85. The molecule has 0 N–H and O–H groups in total. The Labute approximate surface area is 104 Å². The molecule has 0 aromatic carbocycles. The summed E-state index contributed by atoms with van der Waals surface area (Å²) in [5.41, 5.74) is 1.28. The van der Waals surface area contributed by atoms with Crippen molar-refractivity contribution in [1.29, 1.82) is 0 Å². The number of furan rings is 1. The van der Waals surface area contributed by atoms with Gasteiger partial charge in [-0.3, -0.25) is 4.79 Å². The van der Waals surface area contributed by atoms with Crippen LogP contribution in [0.15, 0.2) is 28.0 Å². The second-order valence-corrected chi connectivity index (χ2v) is 5.26. The Kier molecular flexibility index (Phi) is 2.52. The van der Waals surface area contributed by atoms with Gasteiger partial charge in [0.2, 0.25) is 0 Å². The number of rotatable bonds is 1. The fraction of sp³-hybridized carbons (Fsp3) is 0.308. The lowest BCUT2D eigenvalue weighted by Gasteiger charge is -2.26. The van der Waals surface area contributed by atoms with Crippen molar-refractivity contribution in [2.45, 2.75) is 19.9 Å². The first-order valence-corrected chi connectivity index (χ1v) is 6.53. The van der Waals surface area contributed by atoms with Crippen molar-refractivity contribution in [2.75, 3.05) is 6.54 Å². The molecule has 2 aromatic heterocycles. The molecule has 0 radical (unpaired) electrons. The fourth-order valence-electron chi connectivity index (χ4n) is 2.13. The molecule has 3 heterocycles. The summed E-state index contributed by atoms with van der Waals surface area (Å²) in [7, 11) is 0. The standard InChI is InChI=1S/C13H13NO2S/c1-9-2-3-11(16-9)13(15)14-6-4-12-10(8-14)5-7-17-12/h2-3,5,7H,4,6,8H2,1H3. The molecule has 1 amide bonds. The second kappa shape index (κ2) is 4.04. The third-order valence-corrected chi connectivity index (χ3v) is 4.07. The van der Waals surface area contributed by atoms with E-state index < -0.39 is 0 Å². The molecule has 0 bridgehead atoms. The largest absolute Gasteiger partial charge is 0.456 e. The van der Waals surface area contributed by atoms with E-state index >= 15 is 0 Å². The molecular formula is C13H13NO2S. The average Bonchev–Trinajstić information content (AvgIpc) is 2.95. The Hall–Kier alpha value is -1.55. The molecule has 0 saturated carbocycles. The Balaban J connectivity index is 1.81. The highest BCUT2D eigenvalue weighted by molar-refractivity contribution is 7.10. The number of aryl methyl sites for hydroxylation is 1. The molecule has 0 aliphatic carbocycles. The van der Waals surface area contributed by atoms with Gasteiger partial charge in [-0.2, -0.15) is 0 Å². The van der Waals surface area contributed by atoms with Crippen LogP contribution in [0.5, 0.6) is 0 Å². The molecule has 0 saturated heterocycles. The summed E-state index contributed by atoms with van der Waals surface area (Å²) < 4.78 is 5.38. The minimum Gasteiger partial charge on any atom is -0.456 e. The zero-order valence-corrected chi connectivity index (χ0v) is 10.4. The van der Waals surface area contributed by atoms with Gasteiger partial charge in [-0.05, 0) is 42.5 Å². The van der Waals surface area contributed by atoms with E-state index in [1.54, 1.807) is 17.4 Å². The van der Waals surface area contributed by atoms with Crippen LogP contribution in [0.3, 0.4) is 0 Å². The molecule has 17 heavy (non-hydrogen) atoms. The lowest BCUT2D eigenvalue weighted by atomic mass is 10.1. The maximum Gasteiger partial charge on any atom is 0.289 e. The highest BCUT2D eigenvalue weighted by Gasteiger charge is 2.24. The number of hydrogen-bond donors (Lipinski definition) is 0. The van der Waals surface area contributed by atoms with Crippen molar-refractivity contribution in [3.8, 4) is 0 Å². The molecule has 0 spiro atoms. The molecule has 4 heteroatoms. The molecule has 0 fully saturated rings. The van der Waals surface area contributed by atoms with E-state index in [2.05, 4.69) is 11.4 Å². The van der Waals surface area contributed by atoms with E-state index in [-0.39, 0.29) is 5.91 Å². The van der Waals surface area contributed by atoms with Crippen molar-refractivity contribution in [1.82, 2.24) is 4.90 Å². The lowest BCUT2D eigenvalue weighted by molar-refractivity contribution is 0.0702. The van der Waals surface area contributed by atoms with E-state index in [9.17, 15) is 4.79 Å². The summed E-state index contributed by atoms with van der Waals surface area (Å²) in [6.45, 7) is 3.34. The second-order valence-electron chi connectivity index (χ2n) is 4.26. The van der Waals surface area contributed by atoms with Gasteiger partial charge in [0.15, 0.2) is 5.76 Å². The molecule has 0 unspecified atom stereocenters. The van der Waals surface area contributed by atoms with Gasteiger partial charge in [-0.25, -0.2) is 0 Å². The topological polar surface area (TPSA) is 33.5 Å². The van der Waals surface area contributed by atoms with E-state index in [0.717, 1.165) is 18.7 Å². The van der Waals surface area contributed by atoms with Gasteiger partial charge in [0, 0.05) is 18.0 Å². The van der Waals surface area contributed by atoms with Crippen molar-refractivity contribution < 1.29 is 9.21 Å². The number of amides is 1. The van der Waals surface area contributed by atoms with Gasteiger partial charge in [0.1, 0.15) is 5.76 Å². The zero-order chi connectivity index (χ0) is 11.8. The number of fused-ring (bicyclic) bond motifs is 1. The molecule has 3 nitrogen and oxygen atoms in total. The average molecular weight is 247 g/mol. The number of thiophene rings is 1. The van der Waals surface area contributed by atoms with Gasteiger partial charge in [0.25, 0.3) is 5.91 Å². The van der Waals surface area contributed by atoms with E-state index in [0.29, 0.717) is 12.3 Å². The number of nitrogens with zero attached hydrogens (tertiary/aromatic N) is 1. The van der Waals surface area contributed by atoms with Gasteiger partial charge >= 0.3 is 0 Å². The quantitative estimate of drug-likeness (QED) is 0.776. The van der Waals surface area contributed by atoms with E-state index in [4.69, 9.17) is 4.42 Å². The van der Waals surface area contributed by atoms with Crippen LogP contribution in [0.25, 0.3) is 0 Å². The van der Waals surface area contributed by atoms with Gasteiger partial charge in [-0.1, -0.05) is 0 Å². The van der Waals surface area contributed by atoms with Crippen LogP contribution < -0.4 is 0 Å². The van der Waals surface area contributed by atoms with Gasteiger partial charge in [0.05, 0.1) is 0 Å².